The average molecular weight is 518 g/mol. The van der Waals surface area contributed by atoms with Crippen LogP contribution >= 0.6 is 0 Å². The highest BCUT2D eigenvalue weighted by Crippen LogP contribution is 2.36. The zero-order valence-corrected chi connectivity index (χ0v) is 22.3. The second-order valence-corrected chi connectivity index (χ2v) is 11.4. The van der Waals surface area contributed by atoms with Crippen LogP contribution in [0.1, 0.15) is 65.8 Å². The maximum absolute atomic E-state index is 14.4. The molecule has 1 N–H and O–H groups in total. The molecule has 2 amide bonds. The van der Waals surface area contributed by atoms with Crippen molar-refractivity contribution in [1.82, 2.24) is 34.6 Å². The van der Waals surface area contributed by atoms with Gasteiger partial charge in [-0.1, -0.05) is 42.5 Å². The molecule has 10 nitrogen and oxygen atoms in total. The van der Waals surface area contributed by atoms with Gasteiger partial charge in [0.2, 0.25) is 17.2 Å². The van der Waals surface area contributed by atoms with Gasteiger partial charge in [0.1, 0.15) is 17.3 Å². The molecule has 196 valence electrons. The second kappa shape index (κ2) is 7.92. The molecule has 1 atom stereocenters. The fourth-order valence-electron chi connectivity index (χ4n) is 5.59. The van der Waals surface area contributed by atoms with Crippen molar-refractivity contribution in [2.24, 2.45) is 0 Å². The van der Waals surface area contributed by atoms with E-state index in [1.807, 2.05) is 28.5 Å². The molecule has 0 spiro atoms. The van der Waals surface area contributed by atoms with E-state index in [0.717, 1.165) is 11.2 Å². The van der Waals surface area contributed by atoms with E-state index in [2.05, 4.69) is 36.0 Å². The number of nitrogens with one attached hydrogen (secondary N) is 1. The number of aromatic nitrogens is 6. The Morgan fingerprint density at radius 3 is 2.61 bits per heavy atom. The maximum Gasteiger partial charge on any atom is 0.313 e. The quantitative estimate of drug-likeness (QED) is 0.412. The number of carbonyl (C=O) groups excluding carboxylic acids is 2. The van der Waals surface area contributed by atoms with Crippen LogP contribution in [-0.2, 0) is 11.1 Å². The molecule has 2 aliphatic rings. The third-order valence-electron chi connectivity index (χ3n) is 7.61. The molecule has 6 rings (SSSR count). The number of H-pyrrole nitrogens is 1. The molecule has 0 saturated carbocycles. The van der Waals surface area contributed by atoms with Crippen LogP contribution in [0.25, 0.3) is 16.9 Å². The van der Waals surface area contributed by atoms with Gasteiger partial charge >= 0.3 is 11.6 Å². The predicted octanol–water partition coefficient (Wildman–Crippen LogP) is 2.74. The van der Waals surface area contributed by atoms with Gasteiger partial charge < -0.3 is 4.90 Å². The Kier molecular flexibility index (Phi) is 5.05. The molecule has 11 heteroatoms. The van der Waals surface area contributed by atoms with E-state index in [4.69, 9.17) is 5.10 Å². The zero-order chi connectivity index (χ0) is 27.1. The van der Waals surface area contributed by atoms with Gasteiger partial charge in [-0.2, -0.15) is 4.57 Å². The number of rotatable bonds is 2. The number of hydrogen-bond acceptors (Lipinski definition) is 5. The lowest BCUT2D eigenvalue weighted by Crippen LogP contribution is -2.69. The van der Waals surface area contributed by atoms with Crippen molar-refractivity contribution in [2.45, 2.75) is 52.6 Å². The third kappa shape index (κ3) is 3.44. The standard InChI is InChI=1S/C27H29FN8O2/c1-15-7-8-17(11-19(15)28)20-12-18(26(3,4)5)23-35(32-20)13-21-24(37)34-10-9-33(14-27(34,6)36(21)23)25(38)22-29-16(2)30-31-22/h7-8,11-13H,9-10,14H2,1-6H3/p+1. The van der Waals surface area contributed by atoms with Crippen LogP contribution in [0.5, 0.6) is 0 Å². The summed E-state index contributed by atoms with van der Waals surface area (Å²) in [6, 6.07) is 7.06. The number of hydrogen-bond donors (Lipinski definition) is 1. The van der Waals surface area contributed by atoms with E-state index >= 15 is 0 Å². The Bertz CT molecular complexity index is 1650. The number of carbonyl (C=O) groups is 2. The minimum Gasteiger partial charge on any atom is -0.328 e. The van der Waals surface area contributed by atoms with Crippen molar-refractivity contribution in [2.75, 3.05) is 19.6 Å². The molecule has 4 aromatic rings. The number of amides is 2. The highest BCUT2D eigenvalue weighted by atomic mass is 19.1. The molecular formula is C27H30FN8O2+. The molecule has 1 aromatic carbocycles. The molecule has 2 aliphatic heterocycles. The Hall–Kier alpha value is -4.15. The fourth-order valence-corrected chi connectivity index (χ4v) is 5.59. The van der Waals surface area contributed by atoms with Crippen molar-refractivity contribution >= 4 is 17.5 Å². The first-order valence-electron chi connectivity index (χ1n) is 12.6. The number of fused-ring (bicyclic) bond motifs is 5. The van der Waals surface area contributed by atoms with E-state index in [1.165, 1.54) is 6.07 Å². The highest BCUT2D eigenvalue weighted by molar-refractivity contribution is 5.94. The number of halogens is 1. The van der Waals surface area contributed by atoms with Crippen LogP contribution in [-0.4, -0.2) is 66.0 Å². The second-order valence-electron chi connectivity index (χ2n) is 11.4. The van der Waals surface area contributed by atoms with Gasteiger partial charge in [0.05, 0.1) is 12.1 Å². The van der Waals surface area contributed by atoms with Gasteiger partial charge in [-0.3, -0.25) is 19.6 Å². The minimum absolute atomic E-state index is 0.110. The van der Waals surface area contributed by atoms with Crippen LogP contribution < -0.4 is 4.57 Å². The zero-order valence-electron chi connectivity index (χ0n) is 22.3. The maximum atomic E-state index is 14.4. The van der Waals surface area contributed by atoms with E-state index in [9.17, 15) is 14.0 Å². The summed E-state index contributed by atoms with van der Waals surface area (Å²) >= 11 is 0. The van der Waals surface area contributed by atoms with Gasteiger partial charge in [-0.05, 0) is 37.0 Å². The van der Waals surface area contributed by atoms with Crippen molar-refractivity contribution in [3.8, 4) is 11.3 Å². The lowest BCUT2D eigenvalue weighted by molar-refractivity contribution is -0.749. The molecule has 1 saturated heterocycles. The summed E-state index contributed by atoms with van der Waals surface area (Å²) in [5.74, 6) is -0.00460. The van der Waals surface area contributed by atoms with Crippen molar-refractivity contribution in [3.05, 3.63) is 64.7 Å². The van der Waals surface area contributed by atoms with Crippen molar-refractivity contribution < 1.29 is 18.5 Å². The normalized spacial score (nSPS) is 19.3. The summed E-state index contributed by atoms with van der Waals surface area (Å²) in [4.78, 5) is 34.6. The van der Waals surface area contributed by atoms with E-state index in [1.54, 1.807) is 35.5 Å². The monoisotopic (exact) mass is 517 g/mol. The molecule has 3 aromatic heterocycles. The van der Waals surface area contributed by atoms with Crippen LogP contribution in [0, 0.1) is 19.7 Å². The molecule has 0 bridgehead atoms. The smallest absolute Gasteiger partial charge is 0.313 e. The first-order valence-corrected chi connectivity index (χ1v) is 12.6. The fraction of sp³-hybridized carbons (Fsp3) is 0.407. The molecule has 0 radical (unpaired) electrons. The van der Waals surface area contributed by atoms with Crippen molar-refractivity contribution in [1.29, 1.82) is 0 Å². The van der Waals surface area contributed by atoms with Gasteiger partial charge in [-0.15, -0.1) is 5.10 Å². The summed E-state index contributed by atoms with van der Waals surface area (Å²) in [7, 11) is 0. The molecule has 1 unspecified atom stereocenters. The van der Waals surface area contributed by atoms with E-state index in [0.29, 0.717) is 41.4 Å². The summed E-state index contributed by atoms with van der Waals surface area (Å²) in [6.45, 7) is 12.8. The predicted molar refractivity (Wildman–Crippen MR) is 136 cm³/mol. The molecule has 5 heterocycles. The van der Waals surface area contributed by atoms with Crippen molar-refractivity contribution in [3.63, 3.8) is 0 Å². The Labute approximate surface area is 219 Å². The van der Waals surface area contributed by atoms with Crippen LogP contribution in [0.4, 0.5) is 4.39 Å². The number of aryl methyl sites for hydroxylation is 2. The largest absolute Gasteiger partial charge is 0.328 e. The van der Waals surface area contributed by atoms with Gasteiger partial charge in [-0.25, -0.2) is 9.37 Å². The topological polar surface area (TPSA) is 103 Å². The van der Waals surface area contributed by atoms with Crippen LogP contribution in [0.2, 0.25) is 0 Å². The van der Waals surface area contributed by atoms with Crippen LogP contribution in [0.15, 0.2) is 30.5 Å². The molecule has 38 heavy (non-hydrogen) atoms. The summed E-state index contributed by atoms with van der Waals surface area (Å²) in [5.41, 5.74) is 2.91. The number of aromatic amines is 1. The Morgan fingerprint density at radius 1 is 1.18 bits per heavy atom. The number of imidazole rings is 1. The van der Waals surface area contributed by atoms with E-state index in [-0.39, 0.29) is 35.4 Å². The van der Waals surface area contributed by atoms with E-state index < -0.39 is 5.66 Å². The first kappa shape index (κ1) is 24.2. The summed E-state index contributed by atoms with van der Waals surface area (Å²) < 4.78 is 18.2. The molecule has 1 fully saturated rings. The highest BCUT2D eigenvalue weighted by Gasteiger charge is 2.57. The van der Waals surface area contributed by atoms with Gasteiger partial charge in [0.15, 0.2) is 6.20 Å². The van der Waals surface area contributed by atoms with Crippen LogP contribution in [0.3, 0.4) is 0 Å². The SMILES string of the molecule is Cc1nc(C(=O)N2CCN3C(=O)c4cn5nc(-c6ccc(C)c(F)c6)cc(C(C)(C)C)c5[n+]4C3(C)C2)n[nH]1. The molecule has 0 aliphatic carbocycles. The molecular weight excluding hydrogens is 487 g/mol. The first-order chi connectivity index (χ1) is 17.9. The summed E-state index contributed by atoms with van der Waals surface area (Å²) in [6.07, 6.45) is 1.75. The third-order valence-corrected chi connectivity index (χ3v) is 7.61. The number of benzene rings is 1. The van der Waals surface area contributed by atoms with Gasteiger partial charge in [0.25, 0.3) is 5.91 Å². The lowest BCUT2D eigenvalue weighted by atomic mass is 9.87. The minimum atomic E-state index is -0.834. The average Bonchev–Trinajstić information content (AvgIpc) is 3.52. The number of nitrogens with zero attached hydrogens (tertiary/aromatic N) is 7. The number of piperazine rings is 1. The summed E-state index contributed by atoms with van der Waals surface area (Å²) in [5, 5.41) is 11.6. The van der Waals surface area contributed by atoms with Gasteiger partial charge in [0, 0.05) is 25.6 Å². The Balaban J connectivity index is 1.51. The Morgan fingerprint density at radius 2 is 1.95 bits per heavy atom. The lowest BCUT2D eigenvalue weighted by Gasteiger charge is -2.42.